The summed E-state index contributed by atoms with van der Waals surface area (Å²) in [4.78, 5) is 13.3. The van der Waals surface area contributed by atoms with Gasteiger partial charge in [-0.05, 0) is 25.1 Å². The second-order valence-electron chi connectivity index (χ2n) is 9.29. The van der Waals surface area contributed by atoms with E-state index in [0.29, 0.717) is 21.6 Å². The predicted octanol–water partition coefficient (Wildman–Crippen LogP) is 4.36. The lowest BCUT2D eigenvalue weighted by atomic mass is 9.70. The molecular weight excluding hydrogens is 424 g/mol. The van der Waals surface area contributed by atoms with Crippen LogP contribution in [0.25, 0.3) is 0 Å². The van der Waals surface area contributed by atoms with Gasteiger partial charge < -0.3 is 15.3 Å². The Morgan fingerprint density at radius 3 is 2.38 bits per heavy atom. The maximum atomic E-state index is 12.9. The van der Waals surface area contributed by atoms with Crippen molar-refractivity contribution in [3.63, 3.8) is 0 Å². The van der Waals surface area contributed by atoms with Gasteiger partial charge in [-0.2, -0.15) is 0 Å². The maximum absolute atomic E-state index is 12.9. The van der Waals surface area contributed by atoms with Crippen LogP contribution in [0.3, 0.4) is 0 Å². The van der Waals surface area contributed by atoms with E-state index in [1.165, 1.54) is 6.08 Å². The van der Waals surface area contributed by atoms with Crippen molar-refractivity contribution >= 4 is 16.6 Å². The van der Waals surface area contributed by atoms with E-state index in [9.17, 15) is 24.3 Å². The predicted molar refractivity (Wildman–Crippen MR) is 125 cm³/mol. The third-order valence-corrected chi connectivity index (χ3v) is 7.92. The van der Waals surface area contributed by atoms with E-state index in [4.69, 9.17) is 0 Å². The van der Waals surface area contributed by atoms with Crippen LogP contribution in [0, 0.1) is 6.92 Å². The van der Waals surface area contributed by atoms with Gasteiger partial charge in [-0.1, -0.05) is 56.7 Å². The zero-order valence-corrected chi connectivity index (χ0v) is 19.4. The van der Waals surface area contributed by atoms with Crippen LogP contribution in [-0.4, -0.2) is 37.2 Å². The minimum absolute atomic E-state index is 0.0239. The van der Waals surface area contributed by atoms with Gasteiger partial charge in [0.15, 0.2) is 5.78 Å². The van der Waals surface area contributed by atoms with Crippen LogP contribution >= 0.6 is 0 Å². The summed E-state index contributed by atoms with van der Waals surface area (Å²) >= 11 is 0. The van der Waals surface area contributed by atoms with E-state index in [2.05, 4.69) is 0 Å². The first kappa shape index (κ1) is 22.5. The molecule has 32 heavy (non-hydrogen) atoms. The average molecular weight is 453 g/mol. The Kier molecular flexibility index (Phi) is 5.63. The van der Waals surface area contributed by atoms with Crippen molar-refractivity contribution in [3.05, 3.63) is 76.4 Å². The molecule has 6 heteroatoms. The third-order valence-electron chi connectivity index (χ3n) is 6.48. The van der Waals surface area contributed by atoms with E-state index in [1.54, 1.807) is 24.3 Å². The number of ketones is 1. The van der Waals surface area contributed by atoms with Gasteiger partial charge in [-0.3, -0.25) is 9.00 Å². The first-order valence-electron chi connectivity index (χ1n) is 10.7. The van der Waals surface area contributed by atoms with E-state index in [0.717, 1.165) is 5.56 Å². The highest BCUT2D eigenvalue weighted by Crippen LogP contribution is 2.53. The van der Waals surface area contributed by atoms with Gasteiger partial charge in [-0.25, -0.2) is 0 Å². The molecule has 2 aliphatic carbocycles. The molecule has 0 radical (unpaired) electrons. The highest BCUT2D eigenvalue weighted by molar-refractivity contribution is 7.85. The van der Waals surface area contributed by atoms with E-state index >= 15 is 0 Å². The number of hydrogen-bond donors (Lipinski definition) is 3. The number of rotatable bonds is 4. The molecule has 2 aromatic rings. The Hall–Kier alpha value is -2.70. The fourth-order valence-corrected chi connectivity index (χ4v) is 5.87. The highest BCUT2D eigenvalue weighted by atomic mass is 32.2. The van der Waals surface area contributed by atoms with E-state index in [1.807, 2.05) is 45.9 Å². The van der Waals surface area contributed by atoms with Gasteiger partial charge >= 0.3 is 0 Å². The van der Waals surface area contributed by atoms with Gasteiger partial charge in [0, 0.05) is 38.8 Å². The van der Waals surface area contributed by atoms with Crippen molar-refractivity contribution in [2.75, 3.05) is 5.75 Å². The molecule has 0 heterocycles. The SMILES string of the molecule is Cc1ccc(S(=O)C[C@@H](O)[C@H]2C=C[C@@H](C)c3c(O)c4c(c(O)c32)C(=O)C=CC4(C)C)cc1. The number of carbonyl (C=O) groups excluding carboxylic acids is 1. The minimum atomic E-state index is -1.45. The zero-order chi connectivity index (χ0) is 23.4. The zero-order valence-electron chi connectivity index (χ0n) is 18.6. The van der Waals surface area contributed by atoms with E-state index < -0.39 is 28.2 Å². The van der Waals surface area contributed by atoms with Crippen molar-refractivity contribution in [2.45, 2.75) is 55.9 Å². The second kappa shape index (κ2) is 8.01. The second-order valence-corrected chi connectivity index (χ2v) is 10.8. The molecule has 168 valence electrons. The highest BCUT2D eigenvalue weighted by Gasteiger charge is 2.41. The van der Waals surface area contributed by atoms with Gasteiger partial charge in [0.1, 0.15) is 11.5 Å². The molecule has 2 aromatic carbocycles. The number of carbonyl (C=O) groups is 1. The number of benzene rings is 2. The Balaban J connectivity index is 1.79. The van der Waals surface area contributed by atoms with Crippen molar-refractivity contribution < 1.29 is 24.3 Å². The van der Waals surface area contributed by atoms with Crippen LogP contribution < -0.4 is 0 Å². The number of aliphatic hydroxyl groups excluding tert-OH is 1. The van der Waals surface area contributed by atoms with Crippen LogP contribution in [0.2, 0.25) is 0 Å². The van der Waals surface area contributed by atoms with Crippen LogP contribution in [0.1, 0.15) is 65.2 Å². The first-order valence-corrected chi connectivity index (χ1v) is 12.0. The lowest BCUT2D eigenvalue weighted by molar-refractivity contribution is 0.103. The number of phenols is 2. The maximum Gasteiger partial charge on any atom is 0.189 e. The number of phenolic OH excluding ortho intramolecular Hbond substituents is 2. The molecule has 0 fully saturated rings. The number of aliphatic hydroxyl groups is 1. The molecule has 0 aliphatic heterocycles. The topological polar surface area (TPSA) is 94.8 Å². The van der Waals surface area contributed by atoms with Gasteiger partial charge in [0.25, 0.3) is 0 Å². The lowest BCUT2D eigenvalue weighted by Gasteiger charge is -2.35. The minimum Gasteiger partial charge on any atom is -0.507 e. The molecule has 5 nitrogen and oxygen atoms in total. The molecule has 0 bridgehead atoms. The number of aryl methyl sites for hydroxylation is 1. The quantitative estimate of drug-likeness (QED) is 0.473. The summed E-state index contributed by atoms with van der Waals surface area (Å²) in [6.07, 6.45) is 5.69. The van der Waals surface area contributed by atoms with E-state index in [-0.39, 0.29) is 34.5 Å². The Morgan fingerprint density at radius 1 is 1.06 bits per heavy atom. The molecule has 0 spiro atoms. The number of allylic oxidation sites excluding steroid dienone is 3. The van der Waals surface area contributed by atoms with Crippen LogP contribution in [0.5, 0.6) is 11.5 Å². The normalized spacial score (nSPS) is 22.8. The van der Waals surface area contributed by atoms with Crippen molar-refractivity contribution in [3.8, 4) is 11.5 Å². The monoisotopic (exact) mass is 452 g/mol. The summed E-state index contributed by atoms with van der Waals surface area (Å²) in [5.41, 5.74) is 1.74. The molecule has 0 saturated heterocycles. The fourth-order valence-electron chi connectivity index (χ4n) is 4.72. The molecule has 4 atom stereocenters. The molecule has 0 amide bonds. The lowest BCUT2D eigenvalue weighted by Crippen LogP contribution is -2.29. The van der Waals surface area contributed by atoms with Gasteiger partial charge in [0.2, 0.25) is 0 Å². The van der Waals surface area contributed by atoms with Crippen LogP contribution in [0.15, 0.2) is 53.5 Å². The molecule has 0 saturated carbocycles. The molecule has 0 aromatic heterocycles. The largest absolute Gasteiger partial charge is 0.507 e. The molecule has 4 rings (SSSR count). The Morgan fingerprint density at radius 2 is 1.72 bits per heavy atom. The third kappa shape index (κ3) is 3.61. The summed E-state index contributed by atoms with van der Waals surface area (Å²) in [6.45, 7) is 7.59. The molecule has 1 unspecified atom stereocenters. The number of fused-ring (bicyclic) bond motifs is 2. The summed E-state index contributed by atoms with van der Waals surface area (Å²) in [5, 5.41) is 33.5. The molecular formula is C26H28O5S. The average Bonchev–Trinajstić information content (AvgIpc) is 2.73. The van der Waals surface area contributed by atoms with Crippen molar-refractivity contribution in [1.29, 1.82) is 0 Å². The molecule has 2 aliphatic rings. The summed E-state index contributed by atoms with van der Waals surface area (Å²) in [5.74, 6) is -1.57. The van der Waals surface area contributed by atoms with Crippen LogP contribution in [0.4, 0.5) is 0 Å². The summed E-state index contributed by atoms with van der Waals surface area (Å²) in [6, 6.07) is 7.29. The first-order chi connectivity index (χ1) is 15.0. The van der Waals surface area contributed by atoms with Crippen molar-refractivity contribution in [1.82, 2.24) is 0 Å². The fraction of sp³-hybridized carbons (Fsp3) is 0.346. The van der Waals surface area contributed by atoms with Crippen molar-refractivity contribution in [2.24, 2.45) is 0 Å². The van der Waals surface area contributed by atoms with Crippen LogP contribution in [-0.2, 0) is 16.2 Å². The standard InChI is InChI=1S/C26H28O5S/c1-14-5-8-16(9-6-14)32(31)13-19(28)17-10-7-15(2)20-21(17)24(29)22-18(27)11-12-26(3,4)23(22)25(20)30/h5-12,15,17,19,28-30H,13H2,1-4H3/t15-,17-,19-,32?/m1/s1. The number of aromatic hydroxyl groups is 2. The summed E-state index contributed by atoms with van der Waals surface area (Å²) in [7, 11) is -1.45. The summed E-state index contributed by atoms with van der Waals surface area (Å²) < 4.78 is 12.9. The van der Waals surface area contributed by atoms with Gasteiger partial charge in [-0.15, -0.1) is 0 Å². The smallest absolute Gasteiger partial charge is 0.189 e. The number of hydrogen-bond acceptors (Lipinski definition) is 5. The Bertz CT molecular complexity index is 1170. The molecule has 3 N–H and O–H groups in total. The Labute approximate surface area is 190 Å². The van der Waals surface area contributed by atoms with Gasteiger partial charge in [0.05, 0.1) is 28.2 Å².